The lowest BCUT2D eigenvalue weighted by atomic mass is 10.1. The molecule has 0 unspecified atom stereocenters. The van der Waals surface area contributed by atoms with Crippen LogP contribution in [-0.2, 0) is 9.84 Å². The SMILES string of the molecule is CN1CCOc2cc(-c3cnn4c(N)c(Br)c(N5CCS(=O)(=O)CC5)nc34)ccc21. The number of nitrogen functional groups attached to an aromatic ring is 1. The molecule has 30 heavy (non-hydrogen) atoms. The molecule has 0 aliphatic carbocycles. The van der Waals surface area contributed by atoms with Gasteiger partial charge in [-0.05, 0) is 33.6 Å². The molecule has 4 heterocycles. The number of rotatable bonds is 2. The summed E-state index contributed by atoms with van der Waals surface area (Å²) in [5.74, 6) is 2.09. The zero-order valence-electron chi connectivity index (χ0n) is 16.4. The standard InChI is InChI=1S/C19H21BrN6O3S/c1-24-4-7-29-15-10-12(2-3-14(15)24)13-11-22-26-17(21)16(20)19(23-18(13)26)25-5-8-30(27,28)9-6-25/h2-3,10-11H,4-9,21H2,1H3. The maximum Gasteiger partial charge on any atom is 0.167 e. The van der Waals surface area contributed by atoms with Crippen LogP contribution in [0.15, 0.2) is 28.9 Å². The van der Waals surface area contributed by atoms with Gasteiger partial charge in [0, 0.05) is 25.7 Å². The average molecular weight is 493 g/mol. The number of likely N-dealkylation sites (N-methyl/N-ethyl adjacent to an activating group) is 1. The lowest BCUT2D eigenvalue weighted by molar-refractivity contribution is 0.311. The third-order valence-electron chi connectivity index (χ3n) is 5.62. The molecule has 11 heteroatoms. The maximum atomic E-state index is 11.8. The number of nitrogens with zero attached hydrogens (tertiary/aromatic N) is 5. The van der Waals surface area contributed by atoms with E-state index in [4.69, 9.17) is 15.5 Å². The van der Waals surface area contributed by atoms with Crippen LogP contribution >= 0.6 is 15.9 Å². The Labute approximate surface area is 182 Å². The van der Waals surface area contributed by atoms with Crippen molar-refractivity contribution >= 4 is 48.7 Å². The van der Waals surface area contributed by atoms with Crippen molar-refractivity contribution in [2.24, 2.45) is 0 Å². The molecule has 1 aromatic carbocycles. The molecule has 5 rings (SSSR count). The second-order valence-electron chi connectivity index (χ2n) is 7.52. The molecule has 2 aliphatic rings. The van der Waals surface area contributed by atoms with E-state index in [1.54, 1.807) is 10.7 Å². The van der Waals surface area contributed by atoms with E-state index in [1.807, 2.05) is 30.1 Å². The van der Waals surface area contributed by atoms with Crippen molar-refractivity contribution in [1.82, 2.24) is 14.6 Å². The molecular weight excluding hydrogens is 472 g/mol. The van der Waals surface area contributed by atoms with Crippen LogP contribution in [-0.4, -0.2) is 67.8 Å². The Bertz CT molecular complexity index is 1240. The van der Waals surface area contributed by atoms with Crippen molar-refractivity contribution in [2.45, 2.75) is 0 Å². The van der Waals surface area contributed by atoms with Crippen molar-refractivity contribution < 1.29 is 13.2 Å². The van der Waals surface area contributed by atoms with Crippen LogP contribution in [0.4, 0.5) is 17.3 Å². The Morgan fingerprint density at radius 1 is 1.20 bits per heavy atom. The van der Waals surface area contributed by atoms with E-state index in [9.17, 15) is 8.42 Å². The van der Waals surface area contributed by atoms with E-state index in [-0.39, 0.29) is 11.5 Å². The molecule has 2 N–H and O–H groups in total. The fourth-order valence-corrected chi connectivity index (χ4v) is 5.55. The molecular formula is C19H21BrN6O3S. The molecule has 158 valence electrons. The normalized spacial score (nSPS) is 18.3. The van der Waals surface area contributed by atoms with Gasteiger partial charge in [0.25, 0.3) is 0 Å². The van der Waals surface area contributed by atoms with Crippen LogP contribution in [0.5, 0.6) is 5.75 Å². The summed E-state index contributed by atoms with van der Waals surface area (Å²) < 4.78 is 31.7. The van der Waals surface area contributed by atoms with Crippen LogP contribution in [0.25, 0.3) is 16.8 Å². The molecule has 0 radical (unpaired) electrons. The highest BCUT2D eigenvalue weighted by molar-refractivity contribution is 9.10. The second kappa shape index (κ2) is 7.02. The Morgan fingerprint density at radius 3 is 2.73 bits per heavy atom. The van der Waals surface area contributed by atoms with Gasteiger partial charge in [0.05, 0.1) is 29.9 Å². The van der Waals surface area contributed by atoms with Crippen LogP contribution in [0.2, 0.25) is 0 Å². The number of anilines is 3. The first-order valence-corrected chi connectivity index (χ1v) is 12.2. The molecule has 0 spiro atoms. The summed E-state index contributed by atoms with van der Waals surface area (Å²) in [6, 6.07) is 6.05. The number of ether oxygens (including phenoxy) is 1. The van der Waals surface area contributed by atoms with Crippen molar-refractivity contribution in [3.8, 4) is 16.9 Å². The fraction of sp³-hybridized carbons (Fsp3) is 0.368. The zero-order chi connectivity index (χ0) is 21.0. The Kier molecular flexibility index (Phi) is 4.55. The van der Waals surface area contributed by atoms with E-state index < -0.39 is 9.84 Å². The molecule has 3 aromatic rings. The predicted molar refractivity (Wildman–Crippen MR) is 120 cm³/mol. The minimum Gasteiger partial charge on any atom is -0.490 e. The van der Waals surface area contributed by atoms with Crippen LogP contribution in [0.3, 0.4) is 0 Å². The number of fused-ring (bicyclic) bond motifs is 2. The molecule has 0 bridgehead atoms. The number of halogens is 1. The van der Waals surface area contributed by atoms with E-state index in [1.165, 1.54) is 0 Å². The maximum absolute atomic E-state index is 11.8. The first-order valence-electron chi connectivity index (χ1n) is 9.60. The molecule has 2 aliphatic heterocycles. The summed E-state index contributed by atoms with van der Waals surface area (Å²) in [4.78, 5) is 8.93. The van der Waals surface area contributed by atoms with Gasteiger partial charge in [-0.3, -0.25) is 0 Å². The molecule has 0 amide bonds. The summed E-state index contributed by atoms with van der Waals surface area (Å²) in [7, 11) is -0.951. The van der Waals surface area contributed by atoms with Gasteiger partial charge in [0.2, 0.25) is 0 Å². The van der Waals surface area contributed by atoms with Gasteiger partial charge >= 0.3 is 0 Å². The van der Waals surface area contributed by atoms with Crippen LogP contribution in [0.1, 0.15) is 0 Å². The molecule has 0 atom stereocenters. The average Bonchev–Trinajstić information content (AvgIpc) is 3.15. The Hall–Kier alpha value is -2.53. The summed E-state index contributed by atoms with van der Waals surface area (Å²) >= 11 is 3.52. The monoisotopic (exact) mass is 492 g/mol. The first kappa shape index (κ1) is 19.4. The minimum absolute atomic E-state index is 0.105. The summed E-state index contributed by atoms with van der Waals surface area (Å²) in [6.07, 6.45) is 1.74. The second-order valence-corrected chi connectivity index (χ2v) is 10.6. The van der Waals surface area contributed by atoms with E-state index in [0.717, 1.165) is 29.1 Å². The third kappa shape index (κ3) is 3.16. The first-order chi connectivity index (χ1) is 14.3. The smallest absolute Gasteiger partial charge is 0.167 e. The number of hydrogen-bond donors (Lipinski definition) is 1. The Morgan fingerprint density at radius 2 is 1.97 bits per heavy atom. The topological polar surface area (TPSA) is 106 Å². The molecule has 2 aromatic heterocycles. The number of sulfone groups is 1. The van der Waals surface area contributed by atoms with E-state index in [2.05, 4.69) is 25.9 Å². The third-order valence-corrected chi connectivity index (χ3v) is 7.99. The van der Waals surface area contributed by atoms with Gasteiger partial charge in [-0.1, -0.05) is 6.07 Å². The summed E-state index contributed by atoms with van der Waals surface area (Å²) in [6.45, 7) is 2.25. The van der Waals surface area contributed by atoms with Crippen LogP contribution in [0, 0.1) is 0 Å². The van der Waals surface area contributed by atoms with E-state index in [0.29, 0.717) is 41.5 Å². The zero-order valence-corrected chi connectivity index (χ0v) is 18.8. The largest absolute Gasteiger partial charge is 0.490 e. The lowest BCUT2D eigenvalue weighted by Gasteiger charge is -2.29. The van der Waals surface area contributed by atoms with Crippen LogP contribution < -0.4 is 20.3 Å². The quantitative estimate of drug-likeness (QED) is 0.577. The minimum atomic E-state index is -2.99. The highest BCUT2D eigenvalue weighted by atomic mass is 79.9. The highest BCUT2D eigenvalue weighted by Gasteiger charge is 2.26. The van der Waals surface area contributed by atoms with Gasteiger partial charge in [0.1, 0.15) is 28.5 Å². The summed E-state index contributed by atoms with van der Waals surface area (Å²) in [5, 5.41) is 4.43. The summed E-state index contributed by atoms with van der Waals surface area (Å²) in [5.41, 5.74) is 9.76. The van der Waals surface area contributed by atoms with Gasteiger partial charge in [-0.15, -0.1) is 0 Å². The number of benzene rings is 1. The van der Waals surface area contributed by atoms with Gasteiger partial charge in [0.15, 0.2) is 15.5 Å². The molecule has 9 nitrogen and oxygen atoms in total. The van der Waals surface area contributed by atoms with Gasteiger partial charge in [-0.2, -0.15) is 9.61 Å². The Balaban J connectivity index is 1.60. The van der Waals surface area contributed by atoms with Gasteiger partial charge in [-0.25, -0.2) is 13.4 Å². The number of aromatic nitrogens is 3. The van der Waals surface area contributed by atoms with Crippen molar-refractivity contribution in [3.05, 3.63) is 28.9 Å². The van der Waals surface area contributed by atoms with Gasteiger partial charge < -0.3 is 20.3 Å². The van der Waals surface area contributed by atoms with Crippen molar-refractivity contribution in [3.63, 3.8) is 0 Å². The predicted octanol–water partition coefficient (Wildman–Crippen LogP) is 1.80. The van der Waals surface area contributed by atoms with Crippen molar-refractivity contribution in [2.75, 3.05) is 60.3 Å². The molecule has 1 fully saturated rings. The van der Waals surface area contributed by atoms with Crippen molar-refractivity contribution in [1.29, 1.82) is 0 Å². The molecule has 0 saturated carbocycles. The highest BCUT2D eigenvalue weighted by Crippen LogP contribution is 2.38. The lowest BCUT2D eigenvalue weighted by Crippen LogP contribution is -2.41. The number of nitrogens with two attached hydrogens (primary N) is 1. The fourth-order valence-electron chi connectivity index (χ4n) is 3.85. The molecule has 1 saturated heterocycles. The van der Waals surface area contributed by atoms with E-state index >= 15 is 0 Å². The number of hydrogen-bond acceptors (Lipinski definition) is 8.